The third-order valence-electron chi connectivity index (χ3n) is 1.64. The van der Waals surface area contributed by atoms with Crippen molar-refractivity contribution < 1.29 is 4.42 Å². The molecule has 1 unspecified atom stereocenters. The van der Waals surface area contributed by atoms with Gasteiger partial charge >= 0.3 is 0 Å². The van der Waals surface area contributed by atoms with Crippen LogP contribution in [-0.2, 0) is 0 Å². The smallest absolute Gasteiger partial charge is 0.180 e. The number of nitrogens with one attached hydrogen (secondary N) is 1. The largest absolute Gasteiger partial charge is 0.448 e. The molecule has 0 aliphatic carbocycles. The van der Waals surface area contributed by atoms with Crippen LogP contribution in [0.1, 0.15) is 25.5 Å². The van der Waals surface area contributed by atoms with Crippen LogP contribution in [0, 0.1) is 0 Å². The summed E-state index contributed by atoms with van der Waals surface area (Å²) in [4.78, 5) is 3.86. The average molecular weight is 154 g/mol. The highest BCUT2D eigenvalue weighted by Crippen LogP contribution is 2.11. The molecule has 0 bridgehead atoms. The molecule has 0 saturated carbocycles. The van der Waals surface area contributed by atoms with Crippen LogP contribution in [0.3, 0.4) is 0 Å². The van der Waals surface area contributed by atoms with Crippen LogP contribution in [-0.4, -0.2) is 18.1 Å². The lowest BCUT2D eigenvalue weighted by molar-refractivity contribution is 0.458. The average Bonchev–Trinajstić information content (AvgIpc) is 2.52. The first kappa shape index (κ1) is 8.27. The second kappa shape index (κ2) is 4.13. The van der Waals surface area contributed by atoms with Crippen molar-refractivity contribution >= 4 is 0 Å². The number of oxazole rings is 1. The third-order valence-corrected chi connectivity index (χ3v) is 1.64. The van der Waals surface area contributed by atoms with Gasteiger partial charge in [-0.3, -0.25) is 0 Å². The Bertz CT molecular complexity index is 184. The maximum atomic E-state index is 5.14. The van der Waals surface area contributed by atoms with E-state index in [1.165, 1.54) is 6.39 Å². The summed E-state index contributed by atoms with van der Waals surface area (Å²) >= 11 is 0. The normalized spacial score (nSPS) is 13.3. The molecule has 1 rings (SSSR count). The van der Waals surface area contributed by atoms with Crippen molar-refractivity contribution in [2.24, 2.45) is 0 Å². The minimum absolute atomic E-state index is 0.414. The first-order valence-electron chi connectivity index (χ1n) is 3.93. The quantitative estimate of drug-likeness (QED) is 0.712. The van der Waals surface area contributed by atoms with Gasteiger partial charge in [0.05, 0.1) is 6.20 Å². The van der Waals surface area contributed by atoms with E-state index in [-0.39, 0.29) is 0 Å². The van der Waals surface area contributed by atoms with E-state index in [0.717, 1.165) is 18.8 Å². The number of rotatable bonds is 4. The Labute approximate surface area is 66.8 Å². The van der Waals surface area contributed by atoms with E-state index < -0.39 is 0 Å². The molecule has 0 aliphatic heterocycles. The Hall–Kier alpha value is -0.830. The van der Waals surface area contributed by atoms with Crippen LogP contribution in [0.5, 0.6) is 0 Å². The molecule has 0 aromatic carbocycles. The lowest BCUT2D eigenvalue weighted by Crippen LogP contribution is -2.18. The number of aromatic nitrogens is 1. The molecule has 1 aromatic rings. The highest BCUT2D eigenvalue weighted by molar-refractivity contribution is 4.97. The van der Waals surface area contributed by atoms with E-state index in [2.05, 4.69) is 24.1 Å². The lowest BCUT2D eigenvalue weighted by atomic mass is 10.1. The molecule has 1 atom stereocenters. The fraction of sp³-hybridized carbons (Fsp3) is 0.625. The van der Waals surface area contributed by atoms with Gasteiger partial charge in [-0.05, 0) is 6.54 Å². The summed E-state index contributed by atoms with van der Waals surface area (Å²) in [7, 11) is 0. The Balaban J connectivity index is 2.36. The maximum Gasteiger partial charge on any atom is 0.180 e. The minimum atomic E-state index is 0.414. The van der Waals surface area contributed by atoms with Crippen molar-refractivity contribution in [1.29, 1.82) is 0 Å². The molecule has 0 aliphatic rings. The van der Waals surface area contributed by atoms with Crippen LogP contribution in [0.15, 0.2) is 17.0 Å². The van der Waals surface area contributed by atoms with E-state index in [1.54, 1.807) is 6.20 Å². The fourth-order valence-corrected chi connectivity index (χ4v) is 0.930. The molecule has 0 saturated heterocycles. The van der Waals surface area contributed by atoms with E-state index in [1.807, 2.05) is 0 Å². The van der Waals surface area contributed by atoms with E-state index >= 15 is 0 Å². The van der Waals surface area contributed by atoms with Gasteiger partial charge in [-0.1, -0.05) is 13.8 Å². The van der Waals surface area contributed by atoms with Crippen LogP contribution in [0.25, 0.3) is 0 Å². The molecule has 1 N–H and O–H groups in total. The molecule has 0 radical (unpaired) electrons. The standard InChI is InChI=1S/C8H14N2O/c1-3-9-4-7(2)8-5-10-6-11-8/h5-7,9H,3-4H2,1-2H3. The van der Waals surface area contributed by atoms with Crippen molar-refractivity contribution in [1.82, 2.24) is 10.3 Å². The number of nitrogens with zero attached hydrogens (tertiary/aromatic N) is 1. The molecular formula is C8H14N2O. The van der Waals surface area contributed by atoms with Crippen LogP contribution < -0.4 is 5.32 Å². The Kier molecular flexibility index (Phi) is 3.11. The van der Waals surface area contributed by atoms with Gasteiger partial charge in [-0.25, -0.2) is 4.98 Å². The van der Waals surface area contributed by atoms with Crippen molar-refractivity contribution in [2.45, 2.75) is 19.8 Å². The molecule has 11 heavy (non-hydrogen) atoms. The monoisotopic (exact) mass is 154 g/mol. The van der Waals surface area contributed by atoms with Crippen molar-refractivity contribution in [3.8, 4) is 0 Å². The van der Waals surface area contributed by atoms with E-state index in [0.29, 0.717) is 5.92 Å². The van der Waals surface area contributed by atoms with Crippen molar-refractivity contribution in [3.63, 3.8) is 0 Å². The molecule has 62 valence electrons. The molecular weight excluding hydrogens is 140 g/mol. The maximum absolute atomic E-state index is 5.14. The molecule has 1 heterocycles. The first-order chi connectivity index (χ1) is 5.34. The minimum Gasteiger partial charge on any atom is -0.448 e. The predicted octanol–water partition coefficient (Wildman–Crippen LogP) is 1.39. The zero-order chi connectivity index (χ0) is 8.10. The summed E-state index contributed by atoms with van der Waals surface area (Å²) in [5.41, 5.74) is 0. The summed E-state index contributed by atoms with van der Waals surface area (Å²) in [6.45, 7) is 6.15. The Morgan fingerprint density at radius 3 is 3.09 bits per heavy atom. The van der Waals surface area contributed by atoms with Gasteiger partial charge in [0, 0.05) is 12.5 Å². The number of hydrogen-bond acceptors (Lipinski definition) is 3. The molecule has 1 aromatic heterocycles. The number of hydrogen-bond donors (Lipinski definition) is 1. The van der Waals surface area contributed by atoms with Crippen molar-refractivity contribution in [2.75, 3.05) is 13.1 Å². The lowest BCUT2D eigenvalue weighted by Gasteiger charge is -2.06. The second-order valence-corrected chi connectivity index (χ2v) is 2.61. The Morgan fingerprint density at radius 2 is 2.55 bits per heavy atom. The van der Waals surface area contributed by atoms with Crippen LogP contribution >= 0.6 is 0 Å². The van der Waals surface area contributed by atoms with Crippen LogP contribution in [0.2, 0.25) is 0 Å². The summed E-state index contributed by atoms with van der Waals surface area (Å²) in [6, 6.07) is 0. The topological polar surface area (TPSA) is 38.1 Å². The fourth-order valence-electron chi connectivity index (χ4n) is 0.930. The second-order valence-electron chi connectivity index (χ2n) is 2.61. The Morgan fingerprint density at radius 1 is 1.73 bits per heavy atom. The van der Waals surface area contributed by atoms with Gasteiger partial charge in [-0.2, -0.15) is 0 Å². The van der Waals surface area contributed by atoms with Crippen LogP contribution in [0.4, 0.5) is 0 Å². The summed E-state index contributed by atoms with van der Waals surface area (Å²) in [5.74, 6) is 1.36. The molecule has 3 heteroatoms. The molecule has 0 fully saturated rings. The summed E-state index contributed by atoms with van der Waals surface area (Å²) < 4.78 is 5.14. The van der Waals surface area contributed by atoms with E-state index in [4.69, 9.17) is 4.42 Å². The SMILES string of the molecule is CCNCC(C)c1cnco1. The van der Waals surface area contributed by atoms with Gasteiger partial charge in [0.2, 0.25) is 0 Å². The van der Waals surface area contributed by atoms with Gasteiger partial charge in [-0.15, -0.1) is 0 Å². The van der Waals surface area contributed by atoms with Gasteiger partial charge in [0.15, 0.2) is 6.39 Å². The zero-order valence-electron chi connectivity index (χ0n) is 7.00. The van der Waals surface area contributed by atoms with Gasteiger partial charge in [0.25, 0.3) is 0 Å². The summed E-state index contributed by atoms with van der Waals surface area (Å²) in [5, 5.41) is 3.25. The zero-order valence-corrected chi connectivity index (χ0v) is 7.00. The van der Waals surface area contributed by atoms with Gasteiger partial charge < -0.3 is 9.73 Å². The molecule has 0 spiro atoms. The molecule has 0 amide bonds. The highest BCUT2D eigenvalue weighted by Gasteiger charge is 2.06. The predicted molar refractivity (Wildman–Crippen MR) is 43.5 cm³/mol. The first-order valence-corrected chi connectivity index (χ1v) is 3.93. The molecule has 3 nitrogen and oxygen atoms in total. The highest BCUT2D eigenvalue weighted by atomic mass is 16.3. The number of likely N-dealkylation sites (N-methyl/N-ethyl adjacent to an activating group) is 1. The van der Waals surface area contributed by atoms with Gasteiger partial charge in [0.1, 0.15) is 5.76 Å². The van der Waals surface area contributed by atoms with Crippen molar-refractivity contribution in [3.05, 3.63) is 18.4 Å². The third kappa shape index (κ3) is 2.35. The van der Waals surface area contributed by atoms with E-state index in [9.17, 15) is 0 Å². The summed E-state index contributed by atoms with van der Waals surface area (Å²) in [6.07, 6.45) is 3.24.